The molecule has 0 atom stereocenters. The Balaban J connectivity index is 2.87. The summed E-state index contributed by atoms with van der Waals surface area (Å²) in [6.45, 7) is 1.77. The van der Waals surface area contributed by atoms with Crippen LogP contribution in [0.25, 0.3) is 0 Å². The molecule has 0 aromatic carbocycles. The molecule has 1 aromatic rings. The van der Waals surface area contributed by atoms with Gasteiger partial charge in [0, 0.05) is 11.8 Å². The minimum absolute atomic E-state index is 0.137. The summed E-state index contributed by atoms with van der Waals surface area (Å²) >= 11 is 1.35. The Bertz CT molecular complexity index is 364. The van der Waals surface area contributed by atoms with Crippen molar-refractivity contribution in [3.63, 3.8) is 0 Å². The Morgan fingerprint density at radius 2 is 2.58 bits per heavy atom. The summed E-state index contributed by atoms with van der Waals surface area (Å²) < 4.78 is 0. The lowest BCUT2D eigenvalue weighted by Crippen LogP contribution is -2.07. The van der Waals surface area contributed by atoms with Gasteiger partial charge in [-0.3, -0.25) is 4.79 Å². The van der Waals surface area contributed by atoms with Gasteiger partial charge in [-0.2, -0.15) is 0 Å². The number of aromatic amines is 1. The zero-order valence-electron chi connectivity index (χ0n) is 6.63. The fourth-order valence-electron chi connectivity index (χ4n) is 0.730. The first-order valence-electron chi connectivity index (χ1n) is 3.36. The highest BCUT2D eigenvalue weighted by Gasteiger charge is 1.96. The first kappa shape index (κ1) is 8.88. The fraction of sp³-hybridized carbons (Fsp3) is 0.250. The van der Waals surface area contributed by atoms with Crippen molar-refractivity contribution in [1.29, 1.82) is 0 Å². The summed E-state index contributed by atoms with van der Waals surface area (Å²) in [5, 5.41) is 0.581. The zero-order valence-corrected chi connectivity index (χ0v) is 7.44. The van der Waals surface area contributed by atoms with Gasteiger partial charge in [0.2, 0.25) is 0 Å². The lowest BCUT2D eigenvalue weighted by Gasteiger charge is -1.96. The van der Waals surface area contributed by atoms with E-state index in [9.17, 15) is 4.79 Å². The van der Waals surface area contributed by atoms with E-state index in [1.165, 1.54) is 17.8 Å². The maximum absolute atomic E-state index is 10.9. The van der Waals surface area contributed by atoms with Crippen LogP contribution in [0.4, 0.5) is 0 Å². The SMILES string of the molecule is C#CCSc1nc(C)cc(=O)[nH]1. The number of thioether (sulfide) groups is 1. The predicted molar refractivity (Wildman–Crippen MR) is 49.2 cm³/mol. The van der Waals surface area contributed by atoms with Gasteiger partial charge in [-0.25, -0.2) is 4.98 Å². The average molecular weight is 180 g/mol. The molecule has 1 aromatic heterocycles. The number of terminal acetylenes is 1. The van der Waals surface area contributed by atoms with E-state index in [0.717, 1.165) is 0 Å². The van der Waals surface area contributed by atoms with Gasteiger partial charge in [0.15, 0.2) is 5.16 Å². The Morgan fingerprint density at radius 3 is 3.17 bits per heavy atom. The van der Waals surface area contributed by atoms with Crippen LogP contribution in [0.2, 0.25) is 0 Å². The maximum atomic E-state index is 10.9. The van der Waals surface area contributed by atoms with Gasteiger partial charge in [-0.05, 0) is 6.92 Å². The number of nitrogens with one attached hydrogen (secondary N) is 1. The van der Waals surface area contributed by atoms with Crippen molar-refractivity contribution in [2.24, 2.45) is 0 Å². The molecule has 0 aliphatic rings. The number of hydrogen-bond donors (Lipinski definition) is 1. The molecule has 0 aliphatic heterocycles. The number of aryl methyl sites for hydroxylation is 1. The molecule has 1 heterocycles. The third-order valence-electron chi connectivity index (χ3n) is 1.14. The van der Waals surface area contributed by atoms with Gasteiger partial charge in [0.1, 0.15) is 0 Å². The molecule has 0 radical (unpaired) electrons. The molecule has 0 fully saturated rings. The number of hydrogen-bond acceptors (Lipinski definition) is 3. The van der Waals surface area contributed by atoms with Crippen LogP contribution in [0.5, 0.6) is 0 Å². The highest BCUT2D eigenvalue weighted by molar-refractivity contribution is 7.99. The smallest absolute Gasteiger partial charge is 0.251 e. The monoisotopic (exact) mass is 180 g/mol. The van der Waals surface area contributed by atoms with E-state index in [1.807, 2.05) is 0 Å². The molecule has 3 nitrogen and oxygen atoms in total. The highest BCUT2D eigenvalue weighted by Crippen LogP contribution is 2.08. The average Bonchev–Trinajstić information content (AvgIpc) is 1.99. The second-order valence-corrected chi connectivity index (χ2v) is 3.15. The van der Waals surface area contributed by atoms with Gasteiger partial charge in [-0.1, -0.05) is 17.7 Å². The first-order valence-corrected chi connectivity index (χ1v) is 4.35. The summed E-state index contributed by atoms with van der Waals surface area (Å²) in [6.07, 6.45) is 5.06. The Morgan fingerprint density at radius 1 is 1.83 bits per heavy atom. The molecule has 0 amide bonds. The molecule has 0 saturated heterocycles. The van der Waals surface area contributed by atoms with Crippen molar-refractivity contribution in [3.8, 4) is 12.3 Å². The number of rotatable bonds is 2. The van der Waals surface area contributed by atoms with Crippen molar-refractivity contribution < 1.29 is 0 Å². The van der Waals surface area contributed by atoms with E-state index in [2.05, 4.69) is 15.9 Å². The molecule has 62 valence electrons. The van der Waals surface area contributed by atoms with Gasteiger partial charge >= 0.3 is 0 Å². The minimum Gasteiger partial charge on any atom is -0.301 e. The number of nitrogens with zero attached hydrogens (tertiary/aromatic N) is 1. The Kier molecular flexibility index (Phi) is 2.94. The second kappa shape index (κ2) is 3.98. The normalized spacial score (nSPS) is 9.33. The van der Waals surface area contributed by atoms with Crippen LogP contribution in [0.1, 0.15) is 5.69 Å². The van der Waals surface area contributed by atoms with E-state index in [4.69, 9.17) is 6.42 Å². The summed E-state index contributed by atoms with van der Waals surface area (Å²) in [7, 11) is 0. The molecule has 0 unspecified atom stereocenters. The van der Waals surface area contributed by atoms with Crippen LogP contribution in [0.15, 0.2) is 16.0 Å². The van der Waals surface area contributed by atoms with Crippen LogP contribution in [0.3, 0.4) is 0 Å². The van der Waals surface area contributed by atoms with Gasteiger partial charge in [0.05, 0.1) is 5.75 Å². The van der Waals surface area contributed by atoms with Crippen LogP contribution in [0, 0.1) is 19.3 Å². The van der Waals surface area contributed by atoms with Crippen LogP contribution >= 0.6 is 11.8 Å². The molecular weight excluding hydrogens is 172 g/mol. The van der Waals surface area contributed by atoms with Crippen molar-refractivity contribution in [2.75, 3.05) is 5.75 Å². The van der Waals surface area contributed by atoms with E-state index < -0.39 is 0 Å². The molecule has 1 rings (SSSR count). The Hall–Kier alpha value is -1.21. The molecule has 0 saturated carbocycles. The van der Waals surface area contributed by atoms with E-state index in [0.29, 0.717) is 16.6 Å². The zero-order chi connectivity index (χ0) is 8.97. The van der Waals surface area contributed by atoms with Crippen molar-refractivity contribution in [2.45, 2.75) is 12.1 Å². The van der Waals surface area contributed by atoms with Crippen LogP contribution < -0.4 is 5.56 Å². The molecule has 12 heavy (non-hydrogen) atoms. The highest BCUT2D eigenvalue weighted by atomic mass is 32.2. The molecule has 0 aliphatic carbocycles. The van der Waals surface area contributed by atoms with Gasteiger partial charge < -0.3 is 4.98 Å². The topological polar surface area (TPSA) is 45.8 Å². The van der Waals surface area contributed by atoms with Crippen LogP contribution in [-0.2, 0) is 0 Å². The molecule has 0 spiro atoms. The van der Waals surface area contributed by atoms with Crippen molar-refractivity contribution in [3.05, 3.63) is 22.1 Å². The molecule has 0 bridgehead atoms. The van der Waals surface area contributed by atoms with Crippen molar-refractivity contribution in [1.82, 2.24) is 9.97 Å². The van der Waals surface area contributed by atoms with E-state index in [-0.39, 0.29) is 5.56 Å². The molecule has 4 heteroatoms. The quantitative estimate of drug-likeness (QED) is 0.416. The van der Waals surface area contributed by atoms with Gasteiger partial charge in [-0.15, -0.1) is 6.42 Å². The number of aromatic nitrogens is 2. The fourth-order valence-corrected chi connectivity index (χ4v) is 1.33. The molecular formula is C8H8N2OS. The summed E-state index contributed by atoms with van der Waals surface area (Å²) in [5.74, 6) is 2.98. The molecule has 1 N–H and O–H groups in total. The van der Waals surface area contributed by atoms with Crippen molar-refractivity contribution >= 4 is 11.8 Å². The predicted octanol–water partition coefficient (Wildman–Crippen LogP) is 0.804. The largest absolute Gasteiger partial charge is 0.301 e. The summed E-state index contributed by atoms with van der Waals surface area (Å²) in [5.41, 5.74) is 0.570. The van der Waals surface area contributed by atoms with Crippen LogP contribution in [-0.4, -0.2) is 15.7 Å². The third-order valence-corrected chi connectivity index (χ3v) is 1.92. The summed E-state index contributed by atoms with van der Waals surface area (Å²) in [6, 6.07) is 1.44. The first-order chi connectivity index (χ1) is 5.72. The summed E-state index contributed by atoms with van der Waals surface area (Å²) in [4.78, 5) is 17.6. The van der Waals surface area contributed by atoms with E-state index in [1.54, 1.807) is 6.92 Å². The lowest BCUT2D eigenvalue weighted by molar-refractivity contribution is 0.907. The number of H-pyrrole nitrogens is 1. The maximum Gasteiger partial charge on any atom is 0.251 e. The Labute approximate surface area is 74.6 Å². The minimum atomic E-state index is -0.137. The lowest BCUT2D eigenvalue weighted by atomic mass is 10.5. The third kappa shape index (κ3) is 2.44. The standard InChI is InChI=1S/C8H8N2OS/c1-3-4-12-8-9-6(2)5-7(11)10-8/h1,5H,4H2,2H3,(H,9,10,11). The second-order valence-electron chi connectivity index (χ2n) is 2.18. The van der Waals surface area contributed by atoms with Gasteiger partial charge in [0.25, 0.3) is 5.56 Å². The van der Waals surface area contributed by atoms with E-state index >= 15 is 0 Å².